The van der Waals surface area contributed by atoms with E-state index in [1.807, 2.05) is 0 Å². The van der Waals surface area contributed by atoms with E-state index >= 15 is 0 Å². The number of carbonyl (C=O) groups is 2. The van der Waals surface area contributed by atoms with Gasteiger partial charge < -0.3 is 15.1 Å². The van der Waals surface area contributed by atoms with Crippen molar-refractivity contribution in [2.45, 2.75) is 24.8 Å². The van der Waals surface area contributed by atoms with Gasteiger partial charge in [0.2, 0.25) is 10.0 Å². The predicted molar refractivity (Wildman–Crippen MR) is 158 cm³/mol. The average molecular weight is 607 g/mol. The zero-order valence-electron chi connectivity index (χ0n) is 23.4. The van der Waals surface area contributed by atoms with Crippen molar-refractivity contribution in [3.8, 4) is 28.5 Å². The van der Waals surface area contributed by atoms with Crippen molar-refractivity contribution < 1.29 is 31.2 Å². The molecule has 1 saturated carbocycles. The largest absolute Gasteiger partial charge is 0.455 e. The molecule has 0 spiro atoms. The summed E-state index contributed by atoms with van der Waals surface area (Å²) in [7, 11) is -2.48. The van der Waals surface area contributed by atoms with Crippen LogP contribution in [0.25, 0.3) is 33.4 Å². The number of hydrogen-bond donors (Lipinski definition) is 2. The molecule has 9 nitrogen and oxygen atoms in total. The van der Waals surface area contributed by atoms with E-state index in [1.54, 1.807) is 30.3 Å². The number of furan rings is 1. The highest BCUT2D eigenvalue weighted by atomic mass is 32.2. The minimum Gasteiger partial charge on any atom is -0.455 e. The summed E-state index contributed by atoms with van der Waals surface area (Å²) < 4.78 is 60.1. The molecule has 1 fully saturated rings. The maximum atomic E-state index is 13.7. The normalized spacial score (nSPS) is 13.7. The van der Waals surface area contributed by atoms with Gasteiger partial charge in [-0.25, -0.2) is 12.8 Å². The topological polar surface area (TPSA) is 133 Å². The summed E-state index contributed by atoms with van der Waals surface area (Å²) >= 11 is 0. The summed E-state index contributed by atoms with van der Waals surface area (Å²) in [5, 5.41) is 15.1. The number of amides is 2. The number of nitrogens with one attached hydrogen (secondary N) is 2. The molecule has 0 saturated heterocycles. The van der Waals surface area contributed by atoms with E-state index in [0.717, 1.165) is 10.6 Å². The second-order valence-electron chi connectivity index (χ2n) is 10.4. The molecule has 0 bridgehead atoms. The number of nitriles is 1. The molecular weight excluding hydrogens is 578 g/mol. The fourth-order valence-electron chi connectivity index (χ4n) is 4.90. The highest BCUT2D eigenvalue weighted by Gasteiger charge is 2.44. The summed E-state index contributed by atoms with van der Waals surface area (Å²) in [5.74, 6) is -1.29. The zero-order chi connectivity index (χ0) is 30.9. The van der Waals surface area contributed by atoms with Gasteiger partial charge in [0, 0.05) is 41.7 Å². The Morgan fingerprint density at radius 2 is 1.79 bits per heavy atom. The van der Waals surface area contributed by atoms with Crippen LogP contribution in [0, 0.1) is 17.1 Å². The highest BCUT2D eigenvalue weighted by Crippen LogP contribution is 2.42. The van der Waals surface area contributed by atoms with Crippen LogP contribution in [0.5, 0.6) is 0 Å². The third kappa shape index (κ3) is 5.94. The van der Waals surface area contributed by atoms with Crippen molar-refractivity contribution in [2.24, 2.45) is 0 Å². The summed E-state index contributed by atoms with van der Waals surface area (Å²) in [5.41, 5.74) is 1.00. The number of fused-ring (bicyclic) bond motifs is 1. The molecule has 0 radical (unpaired) electrons. The van der Waals surface area contributed by atoms with Gasteiger partial charge in [-0.2, -0.15) is 5.26 Å². The third-order valence-electron chi connectivity index (χ3n) is 7.28. The van der Waals surface area contributed by atoms with Gasteiger partial charge in [-0.05, 0) is 67.3 Å². The molecule has 3 aromatic carbocycles. The Morgan fingerprint density at radius 1 is 1.07 bits per heavy atom. The minimum atomic E-state index is -3.93. The maximum absolute atomic E-state index is 13.7. The van der Waals surface area contributed by atoms with Crippen molar-refractivity contribution in [3.63, 3.8) is 0 Å². The molecule has 43 heavy (non-hydrogen) atoms. The van der Waals surface area contributed by atoms with Crippen molar-refractivity contribution in [1.82, 2.24) is 10.6 Å². The lowest BCUT2D eigenvalue weighted by atomic mass is 9.97. The molecule has 1 aromatic heterocycles. The van der Waals surface area contributed by atoms with E-state index in [2.05, 4.69) is 16.7 Å². The Kier molecular flexibility index (Phi) is 7.94. The molecule has 1 aliphatic rings. The van der Waals surface area contributed by atoms with Crippen LogP contribution in [0.4, 0.5) is 14.5 Å². The molecule has 4 aromatic rings. The van der Waals surface area contributed by atoms with Crippen molar-refractivity contribution in [3.05, 3.63) is 77.6 Å². The van der Waals surface area contributed by atoms with Gasteiger partial charge in [0.1, 0.15) is 22.7 Å². The molecule has 1 aliphatic carbocycles. The number of halogens is 2. The number of alkyl halides is 1. The monoisotopic (exact) mass is 606 g/mol. The van der Waals surface area contributed by atoms with Crippen molar-refractivity contribution in [1.29, 1.82) is 5.26 Å². The molecule has 222 valence electrons. The number of carbonyl (C=O) groups excluding carboxylic acids is 2. The van der Waals surface area contributed by atoms with Crippen LogP contribution in [0.15, 0.2) is 65.1 Å². The number of benzene rings is 3. The second kappa shape index (κ2) is 11.5. The molecule has 0 atom stereocenters. The smallest absolute Gasteiger partial charge is 0.255 e. The molecule has 2 N–H and O–H groups in total. The molecule has 5 rings (SSSR count). The standard InChI is InChI=1S/C31H28F2N4O5S/c1-35-30(39)27-24-16-23(20-5-3-6-21(15-20)29(38)36-31(18-34)11-12-31)25(37(14-4-13-32)43(2,40)41)17-26(24)42-28(27)19-7-9-22(33)10-8-19/h3,5-10,15-17H,4,11-14H2,1-2H3,(H,35,39)(H,36,38). The van der Waals surface area contributed by atoms with Crippen LogP contribution in [0.2, 0.25) is 0 Å². The Bertz CT molecular complexity index is 1880. The van der Waals surface area contributed by atoms with Gasteiger partial charge in [-0.1, -0.05) is 12.1 Å². The highest BCUT2D eigenvalue weighted by molar-refractivity contribution is 7.92. The van der Waals surface area contributed by atoms with E-state index in [0.29, 0.717) is 34.9 Å². The number of anilines is 1. The lowest BCUT2D eigenvalue weighted by Crippen LogP contribution is -2.35. The third-order valence-corrected chi connectivity index (χ3v) is 8.46. The minimum absolute atomic E-state index is 0.0777. The average Bonchev–Trinajstić information content (AvgIpc) is 3.67. The van der Waals surface area contributed by atoms with Crippen molar-refractivity contribution >= 4 is 38.5 Å². The molecule has 2 amide bonds. The maximum Gasteiger partial charge on any atom is 0.255 e. The Morgan fingerprint density at radius 3 is 2.40 bits per heavy atom. The SMILES string of the molecule is CNC(=O)c1c(-c2ccc(F)cc2)oc2cc(N(CCCF)S(C)(=O)=O)c(-c3cccc(C(=O)NC4(C#N)CC4)c3)cc12. The van der Waals surface area contributed by atoms with Gasteiger partial charge >= 0.3 is 0 Å². The summed E-state index contributed by atoms with van der Waals surface area (Å²) in [6.45, 7) is -0.928. The summed E-state index contributed by atoms with van der Waals surface area (Å²) in [4.78, 5) is 26.2. The number of rotatable bonds is 10. The Labute approximate surface area is 247 Å². The molecule has 12 heteroatoms. The fourth-order valence-corrected chi connectivity index (χ4v) is 5.87. The quantitative estimate of drug-likeness (QED) is 0.256. The Hall–Kier alpha value is -4.76. The van der Waals surface area contributed by atoms with Crippen LogP contribution in [0.1, 0.15) is 40.0 Å². The van der Waals surface area contributed by atoms with Crippen LogP contribution in [-0.4, -0.2) is 52.3 Å². The van der Waals surface area contributed by atoms with E-state index in [4.69, 9.17) is 4.42 Å². The Balaban J connectivity index is 1.76. The first-order valence-corrected chi connectivity index (χ1v) is 15.3. The van der Waals surface area contributed by atoms with Gasteiger partial charge in [0.25, 0.3) is 11.8 Å². The molecule has 0 aliphatic heterocycles. The van der Waals surface area contributed by atoms with Gasteiger partial charge in [-0.15, -0.1) is 0 Å². The van der Waals surface area contributed by atoms with E-state index < -0.39 is 39.9 Å². The number of nitrogens with zero attached hydrogens (tertiary/aromatic N) is 2. The van der Waals surface area contributed by atoms with Gasteiger partial charge in [-0.3, -0.25) is 18.3 Å². The van der Waals surface area contributed by atoms with Crippen molar-refractivity contribution in [2.75, 3.05) is 30.8 Å². The van der Waals surface area contributed by atoms with Crippen LogP contribution < -0.4 is 14.9 Å². The molecule has 1 heterocycles. The fraction of sp³-hybridized carbons (Fsp3) is 0.258. The van der Waals surface area contributed by atoms with Gasteiger partial charge in [0.05, 0.1) is 30.3 Å². The van der Waals surface area contributed by atoms with E-state index in [9.17, 15) is 32.0 Å². The van der Waals surface area contributed by atoms with Crippen LogP contribution >= 0.6 is 0 Å². The first-order valence-electron chi connectivity index (χ1n) is 13.5. The van der Waals surface area contributed by atoms with Crippen LogP contribution in [-0.2, 0) is 10.0 Å². The number of hydrogen-bond acceptors (Lipinski definition) is 6. The first kappa shape index (κ1) is 29.7. The summed E-state index contributed by atoms with van der Waals surface area (Å²) in [6.07, 6.45) is 2.02. The van der Waals surface area contributed by atoms with E-state index in [-0.39, 0.29) is 41.1 Å². The first-order chi connectivity index (χ1) is 20.5. The second-order valence-corrected chi connectivity index (χ2v) is 12.3. The number of sulfonamides is 1. The lowest BCUT2D eigenvalue weighted by Gasteiger charge is -2.25. The molecule has 0 unspecified atom stereocenters. The predicted octanol–water partition coefficient (Wildman–Crippen LogP) is 5.18. The lowest BCUT2D eigenvalue weighted by molar-refractivity contribution is 0.0939. The molecular formula is C31H28F2N4O5S. The van der Waals surface area contributed by atoms with E-state index in [1.165, 1.54) is 37.4 Å². The van der Waals surface area contributed by atoms with Gasteiger partial charge in [0.15, 0.2) is 0 Å². The zero-order valence-corrected chi connectivity index (χ0v) is 24.2. The van der Waals surface area contributed by atoms with Crippen LogP contribution in [0.3, 0.4) is 0 Å². The summed E-state index contributed by atoms with van der Waals surface area (Å²) in [6, 6.07) is 17.0.